The molecule has 3 heterocycles. The molecular weight excluding hydrogens is 342 g/mol. The molecule has 2 aromatic carbocycles. The molecule has 0 saturated carbocycles. The average Bonchev–Trinajstić information content (AvgIpc) is 3.29. The zero-order valence-electron chi connectivity index (χ0n) is 15.5. The number of benzene rings is 2. The van der Waals surface area contributed by atoms with Gasteiger partial charge in [0.1, 0.15) is 17.8 Å². The number of hydrogen-bond acceptors (Lipinski definition) is 4. The van der Waals surface area contributed by atoms with Gasteiger partial charge in [0.25, 0.3) is 0 Å². The van der Waals surface area contributed by atoms with E-state index in [2.05, 4.69) is 19.1 Å². The first-order valence-electron chi connectivity index (χ1n) is 9.68. The lowest BCUT2D eigenvalue weighted by Gasteiger charge is -2.40. The molecule has 27 heavy (non-hydrogen) atoms. The predicted molar refractivity (Wildman–Crippen MR) is 100 cm³/mol. The Morgan fingerprint density at radius 2 is 1.81 bits per heavy atom. The molecule has 0 radical (unpaired) electrons. The van der Waals surface area contributed by atoms with Crippen molar-refractivity contribution in [2.24, 2.45) is 0 Å². The van der Waals surface area contributed by atoms with E-state index < -0.39 is 5.41 Å². The summed E-state index contributed by atoms with van der Waals surface area (Å²) in [5.41, 5.74) is 2.35. The van der Waals surface area contributed by atoms with E-state index in [1.54, 1.807) is 0 Å². The first-order chi connectivity index (χ1) is 13.2. The predicted octanol–water partition coefficient (Wildman–Crippen LogP) is 3.63. The van der Waals surface area contributed by atoms with Gasteiger partial charge in [-0.15, -0.1) is 0 Å². The van der Waals surface area contributed by atoms with Crippen molar-refractivity contribution in [1.82, 2.24) is 4.90 Å². The molecule has 0 aromatic heterocycles. The van der Waals surface area contributed by atoms with E-state index in [9.17, 15) is 4.79 Å². The fourth-order valence-corrected chi connectivity index (χ4v) is 4.51. The SMILES string of the molecule is CCCCCN1Cc2ccccc2C2(COc3cc4c(cc32)OCO4)C1=O. The second kappa shape index (κ2) is 6.19. The molecule has 3 aliphatic rings. The number of unbranched alkanes of at least 4 members (excludes halogenated alkanes) is 2. The summed E-state index contributed by atoms with van der Waals surface area (Å²) in [6.07, 6.45) is 3.29. The minimum atomic E-state index is -0.794. The van der Waals surface area contributed by atoms with Crippen LogP contribution < -0.4 is 14.2 Å². The van der Waals surface area contributed by atoms with E-state index in [0.29, 0.717) is 24.7 Å². The molecule has 1 spiro atoms. The highest BCUT2D eigenvalue weighted by Gasteiger charge is 2.54. The molecule has 2 aromatic rings. The summed E-state index contributed by atoms with van der Waals surface area (Å²) in [6.45, 7) is 4.16. The molecule has 0 aliphatic carbocycles. The Hall–Kier alpha value is -2.69. The van der Waals surface area contributed by atoms with E-state index in [0.717, 1.165) is 42.7 Å². The lowest BCUT2D eigenvalue weighted by Crippen LogP contribution is -2.52. The summed E-state index contributed by atoms with van der Waals surface area (Å²) in [4.78, 5) is 15.7. The Bertz CT molecular complexity index is 909. The minimum Gasteiger partial charge on any atom is -0.491 e. The molecule has 1 unspecified atom stereocenters. The minimum absolute atomic E-state index is 0.134. The van der Waals surface area contributed by atoms with Crippen LogP contribution in [0.5, 0.6) is 17.2 Å². The van der Waals surface area contributed by atoms with Gasteiger partial charge >= 0.3 is 0 Å². The quantitative estimate of drug-likeness (QED) is 0.777. The number of hydrogen-bond donors (Lipinski definition) is 0. The van der Waals surface area contributed by atoms with Gasteiger partial charge in [0.05, 0.1) is 0 Å². The summed E-state index contributed by atoms with van der Waals surface area (Å²) < 4.78 is 17.1. The monoisotopic (exact) mass is 365 g/mol. The largest absolute Gasteiger partial charge is 0.491 e. The van der Waals surface area contributed by atoms with Crippen LogP contribution in [-0.2, 0) is 16.8 Å². The second-order valence-electron chi connectivity index (χ2n) is 7.49. The Morgan fingerprint density at radius 1 is 1.00 bits per heavy atom. The van der Waals surface area contributed by atoms with Crippen molar-refractivity contribution in [2.75, 3.05) is 19.9 Å². The van der Waals surface area contributed by atoms with Gasteiger partial charge in [0, 0.05) is 24.7 Å². The van der Waals surface area contributed by atoms with Gasteiger partial charge in [0.2, 0.25) is 12.7 Å². The summed E-state index contributed by atoms with van der Waals surface area (Å²) in [6, 6.07) is 12.0. The third kappa shape index (κ3) is 2.34. The molecule has 0 saturated heterocycles. The highest BCUT2D eigenvalue weighted by atomic mass is 16.7. The van der Waals surface area contributed by atoms with Gasteiger partial charge in [-0.1, -0.05) is 44.0 Å². The Labute approximate surface area is 158 Å². The highest BCUT2D eigenvalue weighted by molar-refractivity contribution is 5.96. The Balaban J connectivity index is 1.64. The maximum Gasteiger partial charge on any atom is 0.241 e. The van der Waals surface area contributed by atoms with Crippen LogP contribution in [0.4, 0.5) is 0 Å². The van der Waals surface area contributed by atoms with Crippen LogP contribution in [-0.4, -0.2) is 30.8 Å². The van der Waals surface area contributed by atoms with Crippen LogP contribution in [0.3, 0.4) is 0 Å². The smallest absolute Gasteiger partial charge is 0.241 e. The van der Waals surface area contributed by atoms with E-state index in [4.69, 9.17) is 14.2 Å². The van der Waals surface area contributed by atoms with Crippen LogP contribution >= 0.6 is 0 Å². The lowest BCUT2D eigenvalue weighted by atomic mass is 9.70. The molecule has 0 N–H and O–H groups in total. The molecule has 5 nitrogen and oxygen atoms in total. The molecule has 5 rings (SSSR count). The molecule has 3 aliphatic heterocycles. The second-order valence-corrected chi connectivity index (χ2v) is 7.49. The molecule has 5 heteroatoms. The van der Waals surface area contributed by atoms with Crippen molar-refractivity contribution < 1.29 is 19.0 Å². The first kappa shape index (κ1) is 16.5. The van der Waals surface area contributed by atoms with Gasteiger partial charge in [-0.3, -0.25) is 4.79 Å². The zero-order chi connectivity index (χ0) is 18.4. The number of rotatable bonds is 4. The summed E-state index contributed by atoms with van der Waals surface area (Å²) >= 11 is 0. The molecule has 0 fully saturated rings. The normalized spacial score (nSPS) is 22.0. The van der Waals surface area contributed by atoms with E-state index >= 15 is 0 Å². The van der Waals surface area contributed by atoms with Gasteiger partial charge in [-0.25, -0.2) is 0 Å². The number of fused-ring (bicyclic) bond motifs is 5. The van der Waals surface area contributed by atoms with Crippen molar-refractivity contribution >= 4 is 5.91 Å². The third-order valence-electron chi connectivity index (χ3n) is 5.90. The van der Waals surface area contributed by atoms with Gasteiger partial charge < -0.3 is 19.1 Å². The molecular formula is C22H23NO4. The van der Waals surface area contributed by atoms with Crippen LogP contribution in [0.2, 0.25) is 0 Å². The number of nitrogens with zero attached hydrogens (tertiary/aromatic N) is 1. The Morgan fingerprint density at radius 3 is 2.67 bits per heavy atom. The van der Waals surface area contributed by atoms with Crippen molar-refractivity contribution in [3.8, 4) is 17.2 Å². The van der Waals surface area contributed by atoms with E-state index in [-0.39, 0.29) is 12.7 Å². The van der Waals surface area contributed by atoms with Gasteiger partial charge in [-0.05, 0) is 23.6 Å². The average molecular weight is 365 g/mol. The first-order valence-corrected chi connectivity index (χ1v) is 9.68. The summed E-state index contributed by atoms with van der Waals surface area (Å²) in [5.74, 6) is 2.22. The molecule has 0 bridgehead atoms. The molecule has 140 valence electrons. The fraction of sp³-hybridized carbons (Fsp3) is 0.409. The maximum atomic E-state index is 13.7. The topological polar surface area (TPSA) is 48.0 Å². The Kier molecular flexibility index (Phi) is 3.78. The van der Waals surface area contributed by atoms with Crippen LogP contribution in [0.1, 0.15) is 42.9 Å². The van der Waals surface area contributed by atoms with Crippen molar-refractivity contribution in [3.63, 3.8) is 0 Å². The van der Waals surface area contributed by atoms with Gasteiger partial charge in [0.15, 0.2) is 11.5 Å². The number of ether oxygens (including phenoxy) is 3. The number of carbonyl (C=O) groups excluding carboxylic acids is 1. The van der Waals surface area contributed by atoms with Crippen molar-refractivity contribution in [2.45, 2.75) is 38.1 Å². The molecule has 1 atom stereocenters. The highest BCUT2D eigenvalue weighted by Crippen LogP contribution is 2.52. The fourth-order valence-electron chi connectivity index (χ4n) is 4.51. The van der Waals surface area contributed by atoms with Crippen molar-refractivity contribution in [1.29, 1.82) is 0 Å². The van der Waals surface area contributed by atoms with E-state index in [1.807, 2.05) is 29.2 Å². The molecule has 1 amide bonds. The number of carbonyl (C=O) groups is 1. The van der Waals surface area contributed by atoms with E-state index in [1.165, 1.54) is 5.56 Å². The maximum absolute atomic E-state index is 13.7. The van der Waals surface area contributed by atoms with Crippen LogP contribution in [0.15, 0.2) is 36.4 Å². The van der Waals surface area contributed by atoms with Crippen molar-refractivity contribution in [3.05, 3.63) is 53.1 Å². The van der Waals surface area contributed by atoms with Gasteiger partial charge in [-0.2, -0.15) is 0 Å². The van der Waals surface area contributed by atoms with Crippen LogP contribution in [0.25, 0.3) is 0 Å². The van der Waals surface area contributed by atoms with Crippen LogP contribution in [0, 0.1) is 0 Å². The third-order valence-corrected chi connectivity index (χ3v) is 5.90. The summed E-state index contributed by atoms with van der Waals surface area (Å²) in [5, 5.41) is 0. The lowest BCUT2D eigenvalue weighted by molar-refractivity contribution is -0.138. The standard InChI is InChI=1S/C22H23NO4/c1-2-3-6-9-23-12-15-7-4-5-8-16(15)22(21(23)24)13-25-18-11-20-19(10-17(18)22)26-14-27-20/h4-5,7-8,10-11H,2-3,6,9,12-14H2,1H3. The zero-order valence-corrected chi connectivity index (χ0v) is 15.5. The summed E-state index contributed by atoms with van der Waals surface area (Å²) in [7, 11) is 0. The number of amides is 1.